The van der Waals surface area contributed by atoms with Crippen molar-refractivity contribution in [3.63, 3.8) is 0 Å². The molecule has 1 saturated heterocycles. The van der Waals surface area contributed by atoms with Crippen molar-refractivity contribution in [3.05, 3.63) is 0 Å². The van der Waals surface area contributed by atoms with Gasteiger partial charge in [-0.15, -0.1) is 12.4 Å². The quantitative estimate of drug-likeness (QED) is 0.730. The van der Waals surface area contributed by atoms with Crippen LogP contribution >= 0.6 is 12.4 Å². The van der Waals surface area contributed by atoms with E-state index in [1.54, 1.807) is 0 Å². The highest BCUT2D eigenvalue weighted by Crippen LogP contribution is 2.31. The molecule has 122 valence electrons. The molecular weight excluding hydrogens is 296 g/mol. The molecule has 0 radical (unpaired) electrons. The summed E-state index contributed by atoms with van der Waals surface area (Å²) in [6.07, 6.45) is 4.48. The fraction of sp³-hybridized carbons (Fsp3) is 0.857. The van der Waals surface area contributed by atoms with Crippen LogP contribution in [0.25, 0.3) is 0 Å². The number of nitrogens with two attached hydrogens (primary N) is 1. The van der Waals surface area contributed by atoms with E-state index >= 15 is 0 Å². The number of halogens is 1. The second-order valence-corrected chi connectivity index (χ2v) is 5.83. The fourth-order valence-corrected chi connectivity index (χ4v) is 3.22. The monoisotopic (exact) mass is 320 g/mol. The zero-order valence-electron chi connectivity index (χ0n) is 12.4. The first-order chi connectivity index (χ1) is 9.59. The van der Waals surface area contributed by atoms with Gasteiger partial charge in [0.2, 0.25) is 5.91 Å². The van der Waals surface area contributed by atoms with E-state index in [0.29, 0.717) is 32.4 Å². The predicted octanol–water partition coefficient (Wildman–Crippen LogP) is 0.764. The summed E-state index contributed by atoms with van der Waals surface area (Å²) in [6.45, 7) is 1.06. The molecule has 2 fully saturated rings. The van der Waals surface area contributed by atoms with Crippen LogP contribution in [-0.4, -0.2) is 43.8 Å². The van der Waals surface area contributed by atoms with Gasteiger partial charge in [-0.05, 0) is 25.2 Å². The lowest BCUT2D eigenvalue weighted by molar-refractivity contribution is -0.150. The molecule has 7 heteroatoms. The summed E-state index contributed by atoms with van der Waals surface area (Å²) in [7, 11) is 1.37. The van der Waals surface area contributed by atoms with Crippen LogP contribution in [0, 0.1) is 5.92 Å². The molecule has 0 aromatic heterocycles. The first kappa shape index (κ1) is 18.2. The van der Waals surface area contributed by atoms with E-state index in [1.807, 2.05) is 0 Å². The number of hydrogen-bond donors (Lipinski definition) is 2. The highest BCUT2D eigenvalue weighted by atomic mass is 35.5. The van der Waals surface area contributed by atoms with E-state index < -0.39 is 5.54 Å². The molecule has 2 aliphatic rings. The molecule has 1 aliphatic carbocycles. The van der Waals surface area contributed by atoms with Gasteiger partial charge in [-0.25, -0.2) is 4.79 Å². The van der Waals surface area contributed by atoms with E-state index in [-0.39, 0.29) is 36.3 Å². The average Bonchev–Trinajstić information content (AvgIpc) is 3.07. The third kappa shape index (κ3) is 4.31. The van der Waals surface area contributed by atoms with Gasteiger partial charge in [0, 0.05) is 13.0 Å². The molecule has 1 saturated carbocycles. The number of carbonyl (C=O) groups excluding carboxylic acids is 2. The first-order valence-corrected chi connectivity index (χ1v) is 7.31. The van der Waals surface area contributed by atoms with Crippen LogP contribution < -0.4 is 11.1 Å². The van der Waals surface area contributed by atoms with Crippen molar-refractivity contribution in [2.45, 2.75) is 50.2 Å². The maximum Gasteiger partial charge on any atom is 0.331 e. The Labute approximate surface area is 131 Å². The highest BCUT2D eigenvalue weighted by molar-refractivity contribution is 5.88. The summed E-state index contributed by atoms with van der Waals surface area (Å²) in [5.41, 5.74) is 4.74. The number of carbonyl (C=O) groups is 2. The van der Waals surface area contributed by atoms with Gasteiger partial charge in [0.05, 0.1) is 19.8 Å². The largest absolute Gasteiger partial charge is 0.467 e. The second kappa shape index (κ2) is 7.96. The van der Waals surface area contributed by atoms with E-state index in [0.717, 1.165) is 19.3 Å². The summed E-state index contributed by atoms with van der Waals surface area (Å²) < 4.78 is 10.3. The highest BCUT2D eigenvalue weighted by Gasteiger charge is 2.43. The number of ether oxygens (including phenoxy) is 2. The van der Waals surface area contributed by atoms with Crippen molar-refractivity contribution in [2.75, 3.05) is 20.3 Å². The number of hydrogen-bond acceptors (Lipinski definition) is 5. The molecule has 3 N–H and O–H groups in total. The van der Waals surface area contributed by atoms with E-state index in [9.17, 15) is 9.59 Å². The van der Waals surface area contributed by atoms with Crippen molar-refractivity contribution in [2.24, 2.45) is 11.7 Å². The van der Waals surface area contributed by atoms with Gasteiger partial charge in [-0.1, -0.05) is 12.8 Å². The normalized spacial score (nSPS) is 27.0. The summed E-state index contributed by atoms with van der Waals surface area (Å²) >= 11 is 0. The number of methoxy groups -OCH3 is 1. The molecule has 21 heavy (non-hydrogen) atoms. The Hall–Kier alpha value is -0.850. The third-order valence-electron chi connectivity index (χ3n) is 4.31. The van der Waals surface area contributed by atoms with Crippen LogP contribution in [0.5, 0.6) is 0 Å². The zero-order valence-corrected chi connectivity index (χ0v) is 13.2. The van der Waals surface area contributed by atoms with Crippen LogP contribution in [0.2, 0.25) is 0 Å². The molecule has 2 rings (SSSR count). The molecule has 0 aromatic carbocycles. The van der Waals surface area contributed by atoms with Crippen LogP contribution in [0.4, 0.5) is 0 Å². The minimum Gasteiger partial charge on any atom is -0.467 e. The number of rotatable bonds is 5. The van der Waals surface area contributed by atoms with E-state index in [1.165, 1.54) is 7.11 Å². The molecule has 0 spiro atoms. The van der Waals surface area contributed by atoms with Crippen molar-refractivity contribution in [1.82, 2.24) is 5.32 Å². The Morgan fingerprint density at radius 1 is 1.38 bits per heavy atom. The molecule has 2 unspecified atom stereocenters. The molecule has 1 heterocycles. The Balaban J connectivity index is 0.00000220. The molecular formula is C14H25ClN2O4. The van der Waals surface area contributed by atoms with Crippen LogP contribution in [0.15, 0.2) is 0 Å². The van der Waals surface area contributed by atoms with Crippen molar-refractivity contribution in [1.29, 1.82) is 0 Å². The summed E-state index contributed by atoms with van der Waals surface area (Å²) in [4.78, 5) is 24.1. The third-order valence-corrected chi connectivity index (χ3v) is 4.31. The van der Waals surface area contributed by atoms with Crippen molar-refractivity contribution in [3.8, 4) is 0 Å². The van der Waals surface area contributed by atoms with Gasteiger partial charge in [-0.3, -0.25) is 4.79 Å². The average molecular weight is 321 g/mol. The lowest BCUT2D eigenvalue weighted by Gasteiger charge is -2.27. The Bertz CT molecular complexity index is 372. The molecule has 0 bridgehead atoms. The number of nitrogens with one attached hydrogen (secondary N) is 1. The fourth-order valence-electron chi connectivity index (χ4n) is 3.22. The van der Waals surface area contributed by atoms with Gasteiger partial charge >= 0.3 is 5.97 Å². The Morgan fingerprint density at radius 2 is 2.05 bits per heavy atom. The summed E-state index contributed by atoms with van der Waals surface area (Å²) in [6, 6.07) is 0. The maximum absolute atomic E-state index is 12.2. The van der Waals surface area contributed by atoms with Crippen LogP contribution in [0.3, 0.4) is 0 Å². The number of amides is 1. The topological polar surface area (TPSA) is 90.6 Å². The molecule has 2 atom stereocenters. The molecule has 1 aliphatic heterocycles. The standard InChI is InChI=1S/C14H24N2O4.ClH/c1-19-13(18)14(4-2-3-5-14)16-12(17)7-10-6-11(8-15)20-9-10;/h10-11H,2-9,15H2,1H3,(H,16,17);1H. The molecule has 0 aromatic rings. The number of esters is 1. The molecule has 6 nitrogen and oxygen atoms in total. The van der Waals surface area contributed by atoms with Gasteiger partial charge in [0.15, 0.2) is 0 Å². The van der Waals surface area contributed by atoms with Crippen LogP contribution in [0.1, 0.15) is 38.5 Å². The predicted molar refractivity (Wildman–Crippen MR) is 80.1 cm³/mol. The van der Waals surface area contributed by atoms with Crippen LogP contribution in [-0.2, 0) is 19.1 Å². The smallest absolute Gasteiger partial charge is 0.331 e. The van der Waals surface area contributed by atoms with Gasteiger partial charge in [-0.2, -0.15) is 0 Å². The SMILES string of the molecule is COC(=O)C1(NC(=O)CC2COC(CN)C2)CCCC1.Cl. The van der Waals surface area contributed by atoms with Gasteiger partial charge < -0.3 is 20.5 Å². The lowest BCUT2D eigenvalue weighted by atomic mass is 9.95. The van der Waals surface area contributed by atoms with Gasteiger partial charge in [0.1, 0.15) is 5.54 Å². The van der Waals surface area contributed by atoms with Gasteiger partial charge in [0.25, 0.3) is 0 Å². The molecule has 1 amide bonds. The summed E-state index contributed by atoms with van der Waals surface area (Å²) in [5, 5.41) is 2.90. The Kier molecular flexibility index (Phi) is 6.90. The minimum atomic E-state index is -0.807. The van der Waals surface area contributed by atoms with Crippen molar-refractivity contribution >= 4 is 24.3 Å². The van der Waals surface area contributed by atoms with E-state index in [4.69, 9.17) is 15.2 Å². The summed E-state index contributed by atoms with van der Waals surface area (Å²) in [5.74, 6) is -0.228. The lowest BCUT2D eigenvalue weighted by Crippen LogP contribution is -2.53. The Morgan fingerprint density at radius 3 is 2.57 bits per heavy atom. The zero-order chi connectivity index (χ0) is 14.6. The first-order valence-electron chi connectivity index (χ1n) is 7.31. The van der Waals surface area contributed by atoms with Crippen molar-refractivity contribution < 1.29 is 19.1 Å². The maximum atomic E-state index is 12.2. The second-order valence-electron chi connectivity index (χ2n) is 5.83. The minimum absolute atomic E-state index is 0. The van der Waals surface area contributed by atoms with E-state index in [2.05, 4.69) is 5.32 Å².